The molecule has 2 heterocycles. The van der Waals surface area contributed by atoms with Crippen LogP contribution in [0.3, 0.4) is 0 Å². The molecule has 0 spiro atoms. The molecule has 6 heteroatoms. The Morgan fingerprint density at radius 3 is 2.86 bits per heavy atom. The number of thioether (sulfide) groups is 1. The predicted molar refractivity (Wildman–Crippen MR) is 85.2 cm³/mol. The average Bonchev–Trinajstić information content (AvgIpc) is 3.05. The van der Waals surface area contributed by atoms with Gasteiger partial charge in [-0.25, -0.2) is 0 Å². The van der Waals surface area contributed by atoms with Crippen molar-refractivity contribution >= 4 is 30.0 Å². The van der Waals surface area contributed by atoms with Gasteiger partial charge in [0, 0.05) is 30.6 Å². The van der Waals surface area contributed by atoms with Gasteiger partial charge >= 0.3 is 0 Å². The molecule has 0 unspecified atom stereocenters. The van der Waals surface area contributed by atoms with Gasteiger partial charge in [0.25, 0.3) is 0 Å². The Labute approximate surface area is 128 Å². The quantitative estimate of drug-likeness (QED) is 0.476. The van der Waals surface area contributed by atoms with E-state index in [1.807, 2.05) is 7.05 Å². The molecule has 1 aliphatic heterocycles. The van der Waals surface area contributed by atoms with E-state index in [0.717, 1.165) is 18.4 Å². The molecule has 1 aliphatic rings. The van der Waals surface area contributed by atoms with E-state index in [0.29, 0.717) is 29.7 Å². The fraction of sp³-hybridized carbons (Fsp3) is 0.467. The fourth-order valence-corrected chi connectivity index (χ4v) is 3.16. The molecule has 0 atom stereocenters. The number of Topliss-reactive ketones (excluding diaryl/α,β-unsaturated/α-hetero) is 1. The minimum atomic E-state index is 0.00163. The highest BCUT2D eigenvalue weighted by Gasteiger charge is 2.27. The Morgan fingerprint density at radius 1 is 1.52 bits per heavy atom. The minimum Gasteiger partial charge on any atom is -0.472 e. The number of furan rings is 1. The van der Waals surface area contributed by atoms with Gasteiger partial charge in [-0.3, -0.25) is 9.79 Å². The minimum absolute atomic E-state index is 0.00163. The standard InChI is InChI=1S/C15H20N2O3S/c1-16-10-21-15(13(17-2)12-5-8-20-9-12)14(18)11-3-6-19-7-4-11/h5,8-9,11,16H,2-4,6-7,10H2,1H3/b15-13-. The number of aliphatic imine (C=N–C) groups is 1. The zero-order valence-electron chi connectivity index (χ0n) is 12.1. The van der Waals surface area contributed by atoms with Gasteiger partial charge in [0.05, 0.1) is 23.1 Å². The summed E-state index contributed by atoms with van der Waals surface area (Å²) in [6, 6.07) is 1.79. The second kappa shape index (κ2) is 8.17. The number of rotatable bonds is 7. The topological polar surface area (TPSA) is 63.8 Å². The van der Waals surface area contributed by atoms with Crippen molar-refractivity contribution < 1.29 is 13.9 Å². The molecule has 21 heavy (non-hydrogen) atoms. The van der Waals surface area contributed by atoms with Crippen LogP contribution in [0.5, 0.6) is 0 Å². The molecule has 0 aliphatic carbocycles. The van der Waals surface area contributed by atoms with Crippen molar-refractivity contribution in [1.29, 1.82) is 0 Å². The van der Waals surface area contributed by atoms with E-state index in [9.17, 15) is 4.79 Å². The molecule has 0 radical (unpaired) electrons. The van der Waals surface area contributed by atoms with Gasteiger partial charge in [-0.2, -0.15) is 0 Å². The molecule has 114 valence electrons. The SMILES string of the molecule is C=N/C(=C(\SCNC)C(=O)C1CCOCC1)c1ccoc1. The molecule has 0 aromatic carbocycles. The lowest BCUT2D eigenvalue weighted by molar-refractivity contribution is -0.121. The number of carbonyl (C=O) groups is 1. The number of allylic oxidation sites excluding steroid dienone is 1. The first-order chi connectivity index (χ1) is 10.3. The van der Waals surface area contributed by atoms with Gasteiger partial charge in [-0.05, 0) is 32.7 Å². The van der Waals surface area contributed by atoms with E-state index >= 15 is 0 Å². The van der Waals surface area contributed by atoms with Crippen molar-refractivity contribution in [3.63, 3.8) is 0 Å². The first-order valence-corrected chi connectivity index (χ1v) is 7.89. The highest BCUT2D eigenvalue weighted by molar-refractivity contribution is 8.04. The lowest BCUT2D eigenvalue weighted by Gasteiger charge is -2.22. The summed E-state index contributed by atoms with van der Waals surface area (Å²) in [6.45, 7) is 4.90. The summed E-state index contributed by atoms with van der Waals surface area (Å²) in [5.41, 5.74) is 1.38. The van der Waals surface area contributed by atoms with Crippen LogP contribution in [0.4, 0.5) is 0 Å². The van der Waals surface area contributed by atoms with E-state index in [1.165, 1.54) is 11.8 Å². The van der Waals surface area contributed by atoms with Crippen molar-refractivity contribution in [3.8, 4) is 0 Å². The summed E-state index contributed by atoms with van der Waals surface area (Å²) < 4.78 is 10.4. The van der Waals surface area contributed by atoms with Crippen LogP contribution in [0.15, 0.2) is 32.9 Å². The van der Waals surface area contributed by atoms with Crippen molar-refractivity contribution in [3.05, 3.63) is 29.1 Å². The summed E-state index contributed by atoms with van der Waals surface area (Å²) in [5.74, 6) is 0.769. The Morgan fingerprint density at radius 2 is 2.29 bits per heavy atom. The second-order valence-corrected chi connectivity index (χ2v) is 5.73. The molecule has 1 N–H and O–H groups in total. The van der Waals surface area contributed by atoms with Crippen molar-refractivity contribution in [2.24, 2.45) is 10.9 Å². The number of carbonyl (C=O) groups excluding carboxylic acids is 1. The molecule has 2 rings (SSSR count). The normalized spacial score (nSPS) is 17.4. The van der Waals surface area contributed by atoms with Crippen molar-refractivity contribution in [2.45, 2.75) is 12.8 Å². The van der Waals surface area contributed by atoms with Crippen LogP contribution in [0, 0.1) is 5.92 Å². The van der Waals surface area contributed by atoms with Crippen LogP contribution in [0.25, 0.3) is 5.70 Å². The largest absolute Gasteiger partial charge is 0.472 e. The summed E-state index contributed by atoms with van der Waals surface area (Å²) >= 11 is 1.46. The van der Waals surface area contributed by atoms with Crippen LogP contribution in [0.2, 0.25) is 0 Å². The van der Waals surface area contributed by atoms with Crippen LogP contribution < -0.4 is 5.32 Å². The zero-order chi connectivity index (χ0) is 15.1. The molecule has 1 fully saturated rings. The summed E-state index contributed by atoms with van der Waals surface area (Å²) in [4.78, 5) is 17.5. The number of nitrogens with zero attached hydrogens (tertiary/aromatic N) is 1. The van der Waals surface area contributed by atoms with Crippen LogP contribution in [-0.2, 0) is 9.53 Å². The molecule has 0 amide bonds. The molecule has 1 aromatic heterocycles. The predicted octanol–water partition coefficient (Wildman–Crippen LogP) is 2.55. The maximum atomic E-state index is 12.8. The first-order valence-electron chi connectivity index (χ1n) is 6.90. The maximum Gasteiger partial charge on any atom is 0.174 e. The van der Waals surface area contributed by atoms with Gasteiger partial charge < -0.3 is 14.5 Å². The summed E-state index contributed by atoms with van der Waals surface area (Å²) in [5, 5.41) is 3.05. The molecule has 0 bridgehead atoms. The van der Waals surface area contributed by atoms with Crippen molar-refractivity contribution in [1.82, 2.24) is 5.32 Å². The number of hydrogen-bond acceptors (Lipinski definition) is 6. The number of ketones is 1. The number of nitrogens with one attached hydrogen (secondary N) is 1. The van der Waals surface area contributed by atoms with Gasteiger partial charge in [0.15, 0.2) is 5.78 Å². The zero-order valence-corrected chi connectivity index (χ0v) is 12.9. The maximum absolute atomic E-state index is 12.8. The Hall–Kier alpha value is -1.37. The second-order valence-electron chi connectivity index (χ2n) is 4.74. The van der Waals surface area contributed by atoms with Gasteiger partial charge in [0.2, 0.25) is 0 Å². The van der Waals surface area contributed by atoms with Gasteiger partial charge in [-0.15, -0.1) is 11.8 Å². The summed E-state index contributed by atoms with van der Waals surface area (Å²) in [7, 11) is 1.85. The monoisotopic (exact) mass is 308 g/mol. The molecule has 1 saturated heterocycles. The third-order valence-electron chi connectivity index (χ3n) is 3.34. The van der Waals surface area contributed by atoms with E-state index in [-0.39, 0.29) is 11.7 Å². The van der Waals surface area contributed by atoms with Crippen LogP contribution in [0.1, 0.15) is 18.4 Å². The highest BCUT2D eigenvalue weighted by Crippen LogP contribution is 2.32. The lowest BCUT2D eigenvalue weighted by atomic mass is 9.94. The smallest absolute Gasteiger partial charge is 0.174 e. The van der Waals surface area contributed by atoms with Gasteiger partial charge in [-0.1, -0.05) is 0 Å². The van der Waals surface area contributed by atoms with E-state index in [1.54, 1.807) is 18.6 Å². The Balaban J connectivity index is 2.31. The van der Waals surface area contributed by atoms with Gasteiger partial charge in [0.1, 0.15) is 0 Å². The number of ether oxygens (including phenoxy) is 1. The third kappa shape index (κ3) is 4.06. The molecular formula is C15H20N2O3S. The van der Waals surface area contributed by atoms with E-state index < -0.39 is 0 Å². The number of hydrogen-bond donors (Lipinski definition) is 1. The molecular weight excluding hydrogens is 288 g/mol. The van der Waals surface area contributed by atoms with E-state index in [2.05, 4.69) is 17.0 Å². The molecule has 0 saturated carbocycles. The van der Waals surface area contributed by atoms with Crippen LogP contribution in [-0.4, -0.2) is 38.6 Å². The average molecular weight is 308 g/mol. The molecule has 5 nitrogen and oxygen atoms in total. The lowest BCUT2D eigenvalue weighted by Crippen LogP contribution is -2.25. The Bertz CT molecular complexity index is 505. The first kappa shape index (κ1) is 16.0. The van der Waals surface area contributed by atoms with Crippen molar-refractivity contribution in [2.75, 3.05) is 26.1 Å². The fourth-order valence-electron chi connectivity index (χ4n) is 2.24. The van der Waals surface area contributed by atoms with E-state index in [4.69, 9.17) is 9.15 Å². The molecule has 1 aromatic rings. The summed E-state index contributed by atoms with van der Waals surface area (Å²) in [6.07, 6.45) is 4.68. The Kier molecular flexibility index (Phi) is 6.22. The highest BCUT2D eigenvalue weighted by atomic mass is 32.2. The third-order valence-corrected chi connectivity index (χ3v) is 4.46. The van der Waals surface area contributed by atoms with Crippen LogP contribution >= 0.6 is 11.8 Å².